The number of methoxy groups -OCH3 is 1. The number of amides is 1. The Morgan fingerprint density at radius 3 is 2.68 bits per heavy atom. The first-order valence-corrected chi connectivity index (χ1v) is 8.83. The van der Waals surface area contributed by atoms with E-state index in [9.17, 15) is 18.0 Å². The predicted molar refractivity (Wildman–Crippen MR) is 94.0 cm³/mol. The van der Waals surface area contributed by atoms with E-state index in [-0.39, 0.29) is 24.4 Å². The van der Waals surface area contributed by atoms with Gasteiger partial charge >= 0.3 is 12.2 Å². The third-order valence-electron chi connectivity index (χ3n) is 4.48. The predicted octanol–water partition coefficient (Wildman–Crippen LogP) is 3.12. The Labute approximate surface area is 160 Å². The van der Waals surface area contributed by atoms with E-state index in [4.69, 9.17) is 9.47 Å². The van der Waals surface area contributed by atoms with Crippen LogP contribution in [0.5, 0.6) is 11.8 Å². The molecule has 1 aromatic carbocycles. The van der Waals surface area contributed by atoms with Gasteiger partial charge in [-0.05, 0) is 23.8 Å². The number of halogens is 3. The van der Waals surface area contributed by atoms with Gasteiger partial charge in [-0.15, -0.1) is 0 Å². The number of likely N-dealkylation sites (tertiary alicyclic amines) is 1. The first-order valence-electron chi connectivity index (χ1n) is 8.83. The van der Waals surface area contributed by atoms with Crippen molar-refractivity contribution in [1.82, 2.24) is 14.9 Å². The number of hydrogen-bond donors (Lipinski definition) is 0. The van der Waals surface area contributed by atoms with Crippen molar-refractivity contribution >= 4 is 5.91 Å². The molecule has 2 aromatic rings. The van der Waals surface area contributed by atoms with Gasteiger partial charge in [0, 0.05) is 32.1 Å². The molecule has 0 bridgehead atoms. The van der Waals surface area contributed by atoms with Crippen molar-refractivity contribution in [3.05, 3.63) is 47.8 Å². The van der Waals surface area contributed by atoms with E-state index in [2.05, 4.69) is 9.97 Å². The van der Waals surface area contributed by atoms with Gasteiger partial charge in [-0.25, -0.2) is 4.98 Å². The Hall–Kier alpha value is -2.84. The Bertz CT molecular complexity index is 821. The van der Waals surface area contributed by atoms with Crippen LogP contribution < -0.4 is 9.47 Å². The molecular weight excluding hydrogens is 375 g/mol. The molecular formula is C19H20F3N3O3. The molecule has 1 aliphatic rings. The van der Waals surface area contributed by atoms with Crippen LogP contribution in [0.1, 0.15) is 24.1 Å². The molecule has 1 aromatic heterocycles. The molecule has 0 radical (unpaired) electrons. The Morgan fingerprint density at radius 1 is 1.25 bits per heavy atom. The van der Waals surface area contributed by atoms with Crippen molar-refractivity contribution in [2.45, 2.75) is 31.5 Å². The molecule has 6 nitrogen and oxygen atoms in total. The fourth-order valence-electron chi connectivity index (χ4n) is 3.00. The normalized spacial score (nSPS) is 15.4. The van der Waals surface area contributed by atoms with Gasteiger partial charge < -0.3 is 14.4 Å². The lowest BCUT2D eigenvalue weighted by molar-refractivity contribution is -0.141. The van der Waals surface area contributed by atoms with Gasteiger partial charge in [0.15, 0.2) is 5.69 Å². The fraction of sp³-hybridized carbons (Fsp3) is 0.421. The second-order valence-electron chi connectivity index (χ2n) is 6.45. The number of carbonyl (C=O) groups excluding carboxylic acids is 1. The molecule has 0 N–H and O–H groups in total. The van der Waals surface area contributed by atoms with E-state index in [1.54, 1.807) is 12.0 Å². The fourth-order valence-corrected chi connectivity index (χ4v) is 3.00. The number of rotatable bonds is 5. The van der Waals surface area contributed by atoms with Crippen LogP contribution in [-0.2, 0) is 17.4 Å². The number of piperidine rings is 1. The molecule has 0 atom stereocenters. The molecule has 1 fully saturated rings. The van der Waals surface area contributed by atoms with Gasteiger partial charge in [0.2, 0.25) is 5.91 Å². The van der Waals surface area contributed by atoms with Gasteiger partial charge in [-0.2, -0.15) is 18.2 Å². The molecule has 0 aliphatic carbocycles. The molecule has 0 spiro atoms. The number of benzene rings is 1. The van der Waals surface area contributed by atoms with Crippen molar-refractivity contribution in [1.29, 1.82) is 0 Å². The lowest BCUT2D eigenvalue weighted by Crippen LogP contribution is -2.42. The average molecular weight is 395 g/mol. The quantitative estimate of drug-likeness (QED) is 0.778. The van der Waals surface area contributed by atoms with Crippen molar-refractivity contribution in [2.75, 3.05) is 20.2 Å². The summed E-state index contributed by atoms with van der Waals surface area (Å²) in [5.41, 5.74) is -0.177. The molecule has 3 rings (SSSR count). The minimum atomic E-state index is -4.54. The molecule has 1 aliphatic heterocycles. The van der Waals surface area contributed by atoms with E-state index < -0.39 is 11.9 Å². The largest absolute Gasteiger partial charge is 0.497 e. The second-order valence-corrected chi connectivity index (χ2v) is 6.45. The Kier molecular flexibility index (Phi) is 6.01. The molecule has 150 valence electrons. The second kappa shape index (κ2) is 8.45. The summed E-state index contributed by atoms with van der Waals surface area (Å²) in [6, 6.07) is 7.83. The number of hydrogen-bond acceptors (Lipinski definition) is 5. The van der Waals surface area contributed by atoms with Gasteiger partial charge in [0.05, 0.1) is 13.5 Å². The standard InChI is InChI=1S/C19H20F3N3O3/c1-27-15-4-2-3-13(11-15)12-17(26)25-9-6-14(7-10-25)28-18-23-8-5-16(24-18)19(20,21)22/h2-5,8,11,14H,6-7,9-10,12H2,1H3. The number of carbonyl (C=O) groups is 1. The number of alkyl halides is 3. The van der Waals surface area contributed by atoms with E-state index in [0.29, 0.717) is 31.7 Å². The average Bonchev–Trinajstić information content (AvgIpc) is 2.68. The van der Waals surface area contributed by atoms with Crippen molar-refractivity contribution < 1.29 is 27.4 Å². The van der Waals surface area contributed by atoms with Crippen LogP contribution in [0.3, 0.4) is 0 Å². The van der Waals surface area contributed by atoms with E-state index in [0.717, 1.165) is 17.8 Å². The monoisotopic (exact) mass is 395 g/mol. The topological polar surface area (TPSA) is 64.5 Å². The molecule has 28 heavy (non-hydrogen) atoms. The number of aromatic nitrogens is 2. The first kappa shape index (κ1) is 19.9. The summed E-state index contributed by atoms with van der Waals surface area (Å²) in [6.45, 7) is 0.929. The van der Waals surface area contributed by atoms with Crippen LogP contribution in [0, 0.1) is 0 Å². The maximum Gasteiger partial charge on any atom is 0.433 e. The summed E-state index contributed by atoms with van der Waals surface area (Å²) in [5.74, 6) is 0.681. The zero-order valence-electron chi connectivity index (χ0n) is 15.3. The van der Waals surface area contributed by atoms with Crippen LogP contribution in [0.25, 0.3) is 0 Å². The Balaban J connectivity index is 1.52. The summed E-state index contributed by atoms with van der Waals surface area (Å²) >= 11 is 0. The van der Waals surface area contributed by atoms with E-state index >= 15 is 0 Å². The van der Waals surface area contributed by atoms with Gasteiger partial charge in [-0.3, -0.25) is 4.79 Å². The molecule has 1 saturated heterocycles. The third-order valence-corrected chi connectivity index (χ3v) is 4.48. The SMILES string of the molecule is COc1cccc(CC(=O)N2CCC(Oc3nccc(C(F)(F)F)n3)CC2)c1. The van der Waals surface area contributed by atoms with Crippen LogP contribution in [0.15, 0.2) is 36.5 Å². The van der Waals surface area contributed by atoms with Crippen LogP contribution in [0.4, 0.5) is 13.2 Å². The lowest BCUT2D eigenvalue weighted by Gasteiger charge is -2.31. The molecule has 2 heterocycles. The summed E-state index contributed by atoms with van der Waals surface area (Å²) in [5, 5.41) is 0. The van der Waals surface area contributed by atoms with E-state index in [1.807, 2.05) is 24.3 Å². The number of ether oxygens (including phenoxy) is 2. The van der Waals surface area contributed by atoms with Gasteiger partial charge in [0.25, 0.3) is 0 Å². The highest BCUT2D eigenvalue weighted by Gasteiger charge is 2.33. The summed E-state index contributed by atoms with van der Waals surface area (Å²) in [7, 11) is 1.57. The third kappa shape index (κ3) is 5.11. The zero-order valence-corrected chi connectivity index (χ0v) is 15.3. The highest BCUT2D eigenvalue weighted by molar-refractivity contribution is 5.79. The minimum Gasteiger partial charge on any atom is -0.497 e. The van der Waals surface area contributed by atoms with Crippen LogP contribution in [0.2, 0.25) is 0 Å². The van der Waals surface area contributed by atoms with Crippen molar-refractivity contribution in [2.24, 2.45) is 0 Å². The van der Waals surface area contributed by atoms with Crippen molar-refractivity contribution in [3.8, 4) is 11.8 Å². The smallest absolute Gasteiger partial charge is 0.433 e. The summed E-state index contributed by atoms with van der Waals surface area (Å²) < 4.78 is 48.8. The lowest BCUT2D eigenvalue weighted by atomic mass is 10.1. The highest BCUT2D eigenvalue weighted by atomic mass is 19.4. The molecule has 1 amide bonds. The Morgan fingerprint density at radius 2 is 2.00 bits per heavy atom. The van der Waals surface area contributed by atoms with E-state index in [1.165, 1.54) is 0 Å². The van der Waals surface area contributed by atoms with Crippen LogP contribution >= 0.6 is 0 Å². The molecule has 0 unspecified atom stereocenters. The minimum absolute atomic E-state index is 0.0120. The molecule has 9 heteroatoms. The summed E-state index contributed by atoms with van der Waals surface area (Å²) in [4.78, 5) is 21.4. The highest BCUT2D eigenvalue weighted by Crippen LogP contribution is 2.28. The first-order chi connectivity index (χ1) is 13.3. The van der Waals surface area contributed by atoms with Gasteiger partial charge in [0.1, 0.15) is 11.9 Å². The zero-order chi connectivity index (χ0) is 20.1. The van der Waals surface area contributed by atoms with Gasteiger partial charge in [-0.1, -0.05) is 12.1 Å². The van der Waals surface area contributed by atoms with Crippen molar-refractivity contribution in [3.63, 3.8) is 0 Å². The maximum atomic E-state index is 12.7. The number of nitrogens with zero attached hydrogens (tertiary/aromatic N) is 3. The maximum absolute atomic E-state index is 12.7. The van der Waals surface area contributed by atoms with Crippen LogP contribution in [-0.4, -0.2) is 47.1 Å². The molecule has 0 saturated carbocycles. The summed E-state index contributed by atoms with van der Waals surface area (Å²) in [6.07, 6.45) is -2.58.